The molecule has 1 amide bonds. The maximum Gasteiger partial charge on any atom is 0.307 e. The van der Waals surface area contributed by atoms with Gasteiger partial charge in [0.05, 0.1) is 19.6 Å². The first kappa shape index (κ1) is 16.2. The quantitative estimate of drug-likeness (QED) is 0.813. The minimum absolute atomic E-state index is 0.0576. The van der Waals surface area contributed by atoms with Gasteiger partial charge in [0, 0.05) is 5.41 Å². The number of esters is 1. The molecule has 0 saturated carbocycles. The number of carbonyl (C=O) groups is 2. The predicted octanol–water partition coefficient (Wildman–Crippen LogP) is 2.84. The summed E-state index contributed by atoms with van der Waals surface area (Å²) in [7, 11) is 1.35. The Hall–Kier alpha value is -1.84. The van der Waals surface area contributed by atoms with Gasteiger partial charge in [-0.1, -0.05) is 51.1 Å². The monoisotopic (exact) mass is 277 g/mol. The van der Waals surface area contributed by atoms with Crippen molar-refractivity contribution in [2.75, 3.05) is 7.11 Å². The second-order valence-corrected chi connectivity index (χ2v) is 5.45. The number of hydrogen-bond acceptors (Lipinski definition) is 3. The fourth-order valence-electron chi connectivity index (χ4n) is 1.70. The van der Waals surface area contributed by atoms with Gasteiger partial charge in [0.2, 0.25) is 5.91 Å². The number of carbonyl (C=O) groups excluding carboxylic acids is 2. The number of hydrogen-bond donors (Lipinski definition) is 1. The summed E-state index contributed by atoms with van der Waals surface area (Å²) in [5.74, 6) is -0.397. The van der Waals surface area contributed by atoms with Crippen LogP contribution in [-0.2, 0) is 14.3 Å². The van der Waals surface area contributed by atoms with Crippen LogP contribution in [0.15, 0.2) is 30.3 Å². The van der Waals surface area contributed by atoms with Crippen molar-refractivity contribution in [1.29, 1.82) is 0 Å². The Morgan fingerprint density at radius 1 is 1.25 bits per heavy atom. The Morgan fingerprint density at radius 2 is 1.85 bits per heavy atom. The summed E-state index contributed by atoms with van der Waals surface area (Å²) in [6.07, 6.45) is 0.866. The van der Waals surface area contributed by atoms with Crippen LogP contribution in [0.5, 0.6) is 0 Å². The van der Waals surface area contributed by atoms with E-state index in [0.29, 0.717) is 0 Å². The first-order valence-electron chi connectivity index (χ1n) is 6.83. The highest BCUT2D eigenvalue weighted by atomic mass is 16.5. The summed E-state index contributed by atoms with van der Waals surface area (Å²) in [6, 6.07) is 9.10. The average molecular weight is 277 g/mol. The molecule has 1 N–H and O–H groups in total. The Labute approximate surface area is 120 Å². The van der Waals surface area contributed by atoms with Gasteiger partial charge in [-0.3, -0.25) is 9.59 Å². The standard InChI is InChI=1S/C16H23NO3/c1-5-16(2,3)15(19)17-13(11-14(18)20-4)12-9-7-6-8-10-12/h6-10,13H,5,11H2,1-4H3,(H,17,19)/t13-/m0/s1. The summed E-state index contributed by atoms with van der Waals surface area (Å²) < 4.78 is 4.71. The van der Waals surface area contributed by atoms with E-state index >= 15 is 0 Å². The lowest BCUT2D eigenvalue weighted by molar-refractivity contribution is -0.141. The van der Waals surface area contributed by atoms with Gasteiger partial charge in [-0.25, -0.2) is 0 Å². The van der Waals surface area contributed by atoms with E-state index in [1.165, 1.54) is 7.11 Å². The Morgan fingerprint density at radius 3 is 2.35 bits per heavy atom. The summed E-state index contributed by atoms with van der Waals surface area (Å²) in [5, 5.41) is 2.95. The molecule has 0 unspecified atom stereocenters. The minimum atomic E-state index is -0.455. The van der Waals surface area contributed by atoms with Crippen molar-refractivity contribution in [3.8, 4) is 0 Å². The molecule has 0 aliphatic carbocycles. The summed E-state index contributed by atoms with van der Waals surface area (Å²) in [5.41, 5.74) is 0.446. The fraction of sp³-hybridized carbons (Fsp3) is 0.500. The third kappa shape index (κ3) is 4.37. The molecule has 110 valence electrons. The SMILES string of the molecule is CCC(C)(C)C(=O)N[C@@H](CC(=O)OC)c1ccccc1. The zero-order valence-electron chi connectivity index (χ0n) is 12.6. The number of rotatable bonds is 6. The molecule has 0 aromatic heterocycles. The highest BCUT2D eigenvalue weighted by molar-refractivity contribution is 5.83. The third-order valence-corrected chi connectivity index (χ3v) is 3.60. The van der Waals surface area contributed by atoms with Gasteiger partial charge in [-0.05, 0) is 12.0 Å². The molecule has 20 heavy (non-hydrogen) atoms. The van der Waals surface area contributed by atoms with Gasteiger partial charge in [0.1, 0.15) is 0 Å². The molecular weight excluding hydrogens is 254 g/mol. The van der Waals surface area contributed by atoms with Gasteiger partial charge in [-0.2, -0.15) is 0 Å². The fourth-order valence-corrected chi connectivity index (χ4v) is 1.70. The van der Waals surface area contributed by atoms with Gasteiger partial charge in [0.15, 0.2) is 0 Å². The Kier molecular flexibility index (Phi) is 5.74. The maximum atomic E-state index is 12.3. The molecule has 0 fully saturated rings. The molecule has 0 spiro atoms. The lowest BCUT2D eigenvalue weighted by atomic mass is 9.88. The highest BCUT2D eigenvalue weighted by Gasteiger charge is 2.28. The molecule has 1 aromatic carbocycles. The van der Waals surface area contributed by atoms with E-state index in [-0.39, 0.29) is 24.3 Å². The van der Waals surface area contributed by atoms with Gasteiger partial charge < -0.3 is 10.1 Å². The van der Waals surface area contributed by atoms with Crippen LogP contribution in [0.2, 0.25) is 0 Å². The van der Waals surface area contributed by atoms with E-state index in [0.717, 1.165) is 12.0 Å². The zero-order chi connectivity index (χ0) is 15.2. The summed E-state index contributed by atoms with van der Waals surface area (Å²) >= 11 is 0. The lowest BCUT2D eigenvalue weighted by Crippen LogP contribution is -2.39. The molecule has 0 heterocycles. The molecule has 0 saturated heterocycles. The number of nitrogens with one attached hydrogen (secondary N) is 1. The highest BCUT2D eigenvalue weighted by Crippen LogP contribution is 2.24. The van der Waals surface area contributed by atoms with Gasteiger partial charge in [0.25, 0.3) is 0 Å². The minimum Gasteiger partial charge on any atom is -0.469 e. The first-order chi connectivity index (χ1) is 9.40. The van der Waals surface area contributed by atoms with E-state index in [1.54, 1.807) is 0 Å². The van der Waals surface area contributed by atoms with Crippen LogP contribution >= 0.6 is 0 Å². The normalized spacial score (nSPS) is 12.6. The van der Waals surface area contributed by atoms with E-state index in [9.17, 15) is 9.59 Å². The number of ether oxygens (including phenoxy) is 1. The van der Waals surface area contributed by atoms with Crippen LogP contribution in [-0.4, -0.2) is 19.0 Å². The number of methoxy groups -OCH3 is 1. The molecule has 4 heteroatoms. The van der Waals surface area contributed by atoms with Crippen LogP contribution < -0.4 is 5.32 Å². The Bertz CT molecular complexity index is 454. The molecule has 4 nitrogen and oxygen atoms in total. The van der Waals surface area contributed by atoms with Crippen molar-refractivity contribution < 1.29 is 14.3 Å². The molecule has 1 atom stereocenters. The van der Waals surface area contributed by atoms with Crippen LogP contribution in [0.1, 0.15) is 45.2 Å². The smallest absolute Gasteiger partial charge is 0.307 e. The van der Waals surface area contributed by atoms with Crippen molar-refractivity contribution in [2.45, 2.75) is 39.7 Å². The summed E-state index contributed by atoms with van der Waals surface area (Å²) in [4.78, 5) is 23.8. The van der Waals surface area contributed by atoms with E-state index in [4.69, 9.17) is 4.74 Å². The lowest BCUT2D eigenvalue weighted by Gasteiger charge is -2.26. The Balaban J connectivity index is 2.89. The van der Waals surface area contributed by atoms with Gasteiger partial charge in [-0.15, -0.1) is 0 Å². The van der Waals surface area contributed by atoms with Crippen molar-refractivity contribution in [3.05, 3.63) is 35.9 Å². The van der Waals surface area contributed by atoms with Crippen molar-refractivity contribution in [2.24, 2.45) is 5.41 Å². The van der Waals surface area contributed by atoms with Crippen LogP contribution in [0, 0.1) is 5.41 Å². The third-order valence-electron chi connectivity index (χ3n) is 3.60. The molecule has 1 rings (SSSR count). The first-order valence-corrected chi connectivity index (χ1v) is 6.83. The number of amides is 1. The average Bonchev–Trinajstić information content (AvgIpc) is 2.47. The maximum absolute atomic E-state index is 12.3. The van der Waals surface area contributed by atoms with Crippen molar-refractivity contribution >= 4 is 11.9 Å². The second kappa shape index (κ2) is 7.08. The van der Waals surface area contributed by atoms with Crippen LogP contribution in [0.3, 0.4) is 0 Å². The molecule has 0 bridgehead atoms. The zero-order valence-corrected chi connectivity index (χ0v) is 12.6. The van der Waals surface area contributed by atoms with E-state index in [2.05, 4.69) is 5.32 Å². The van der Waals surface area contributed by atoms with Crippen molar-refractivity contribution in [1.82, 2.24) is 5.32 Å². The molecule has 1 aromatic rings. The molecule has 0 aliphatic rings. The molecular formula is C16H23NO3. The van der Waals surface area contributed by atoms with Crippen molar-refractivity contribution in [3.63, 3.8) is 0 Å². The second-order valence-electron chi connectivity index (χ2n) is 5.45. The van der Waals surface area contributed by atoms with Gasteiger partial charge >= 0.3 is 5.97 Å². The predicted molar refractivity (Wildman–Crippen MR) is 78.0 cm³/mol. The largest absolute Gasteiger partial charge is 0.469 e. The summed E-state index contributed by atoms with van der Waals surface area (Å²) in [6.45, 7) is 5.75. The van der Waals surface area contributed by atoms with E-state index < -0.39 is 5.41 Å². The topological polar surface area (TPSA) is 55.4 Å². The number of benzene rings is 1. The van der Waals surface area contributed by atoms with E-state index in [1.807, 2.05) is 51.1 Å². The molecule has 0 aliphatic heterocycles. The molecule has 0 radical (unpaired) electrons. The van der Waals surface area contributed by atoms with Crippen LogP contribution in [0.25, 0.3) is 0 Å². The van der Waals surface area contributed by atoms with Crippen LogP contribution in [0.4, 0.5) is 0 Å².